The highest BCUT2D eigenvalue weighted by molar-refractivity contribution is 7.99. The molecule has 0 spiro atoms. The van der Waals surface area contributed by atoms with Gasteiger partial charge < -0.3 is 19.5 Å². The molecule has 1 N–H and O–H groups in total. The predicted molar refractivity (Wildman–Crippen MR) is 119 cm³/mol. The van der Waals surface area contributed by atoms with Crippen LogP contribution in [-0.4, -0.2) is 78.3 Å². The minimum absolute atomic E-state index is 0.116. The van der Waals surface area contributed by atoms with Crippen LogP contribution in [0.1, 0.15) is 33.6 Å². The van der Waals surface area contributed by atoms with Gasteiger partial charge in [-0.05, 0) is 17.9 Å². The molecule has 0 aliphatic rings. The van der Waals surface area contributed by atoms with Crippen molar-refractivity contribution in [3.63, 3.8) is 0 Å². The molecule has 0 aliphatic heterocycles. The van der Waals surface area contributed by atoms with E-state index in [2.05, 4.69) is 25.3 Å². The Morgan fingerprint density at radius 3 is 2.29 bits per heavy atom. The molecule has 0 heterocycles. The van der Waals surface area contributed by atoms with Crippen LogP contribution in [0.2, 0.25) is 0 Å². The molecule has 0 saturated carbocycles. The first-order valence-electron chi connectivity index (χ1n) is 9.74. The van der Waals surface area contributed by atoms with Crippen molar-refractivity contribution < 1.29 is 24.2 Å². The van der Waals surface area contributed by atoms with Crippen LogP contribution in [0.25, 0.3) is 0 Å². The third-order valence-corrected chi connectivity index (χ3v) is 6.01. The molecule has 1 atom stereocenters. The van der Waals surface area contributed by atoms with Gasteiger partial charge in [0.05, 0.1) is 18.1 Å². The largest absolute Gasteiger partial charge is 0.495 e. The molecule has 0 radical (unpaired) electrons. The van der Waals surface area contributed by atoms with Crippen molar-refractivity contribution in [2.24, 2.45) is 11.8 Å². The summed E-state index contributed by atoms with van der Waals surface area (Å²) >= 11 is 3.51. The molecule has 0 bridgehead atoms. The summed E-state index contributed by atoms with van der Waals surface area (Å²) in [5, 5.41) is 8.93. The van der Waals surface area contributed by atoms with Gasteiger partial charge in [-0.15, -0.1) is 0 Å². The van der Waals surface area contributed by atoms with Crippen LogP contribution in [-0.2, 0) is 19.1 Å². The smallest absolute Gasteiger partial charge is 0.309 e. The summed E-state index contributed by atoms with van der Waals surface area (Å²) in [7, 11) is 0. The number of carbonyl (C=O) groups is 2. The van der Waals surface area contributed by atoms with Gasteiger partial charge in [0, 0.05) is 37.6 Å². The topological polar surface area (TPSA) is 76.1 Å². The molecular formula is C20H37NO5S2. The zero-order valence-electron chi connectivity index (χ0n) is 17.8. The lowest BCUT2D eigenvalue weighted by Crippen LogP contribution is -2.30. The minimum atomic E-state index is -0.785. The van der Waals surface area contributed by atoms with Gasteiger partial charge >= 0.3 is 11.9 Å². The van der Waals surface area contributed by atoms with E-state index in [1.165, 1.54) is 0 Å². The zero-order valence-corrected chi connectivity index (χ0v) is 19.4. The Morgan fingerprint density at radius 2 is 1.68 bits per heavy atom. The summed E-state index contributed by atoms with van der Waals surface area (Å²) < 4.78 is 10.7. The monoisotopic (exact) mass is 435 g/mol. The molecule has 28 heavy (non-hydrogen) atoms. The van der Waals surface area contributed by atoms with Crippen molar-refractivity contribution in [3.05, 3.63) is 12.3 Å². The number of esters is 1. The molecule has 0 saturated heterocycles. The normalized spacial score (nSPS) is 12.2. The lowest BCUT2D eigenvalue weighted by atomic mass is 10.2. The van der Waals surface area contributed by atoms with Crippen molar-refractivity contribution >= 4 is 35.5 Å². The van der Waals surface area contributed by atoms with Crippen LogP contribution in [0.4, 0.5) is 0 Å². The number of ether oxygens (including phenoxy) is 2. The van der Waals surface area contributed by atoms with E-state index in [9.17, 15) is 9.59 Å². The first-order valence-corrected chi connectivity index (χ1v) is 12.3. The summed E-state index contributed by atoms with van der Waals surface area (Å²) in [6.07, 6.45) is 2.72. The Balaban J connectivity index is 4.06. The maximum absolute atomic E-state index is 11.7. The summed E-state index contributed by atoms with van der Waals surface area (Å²) in [5.74, 6) is 3.01. The Kier molecular flexibility index (Phi) is 16.5. The molecule has 0 rings (SSSR count). The lowest BCUT2D eigenvalue weighted by Gasteiger charge is -2.22. The van der Waals surface area contributed by atoms with E-state index >= 15 is 0 Å². The molecule has 0 aromatic heterocycles. The fourth-order valence-electron chi connectivity index (χ4n) is 2.25. The number of carboxylic acid groups (broad SMARTS) is 1. The number of aliphatic carboxylic acids is 1. The molecule has 1 unspecified atom stereocenters. The summed E-state index contributed by atoms with van der Waals surface area (Å²) in [6, 6.07) is 0. The van der Waals surface area contributed by atoms with Gasteiger partial charge in [0.25, 0.3) is 0 Å². The average molecular weight is 436 g/mol. The summed E-state index contributed by atoms with van der Waals surface area (Å²) in [6.45, 7) is 12.7. The van der Waals surface area contributed by atoms with Crippen LogP contribution in [0.3, 0.4) is 0 Å². The highest BCUT2D eigenvalue weighted by atomic mass is 32.2. The van der Waals surface area contributed by atoms with Crippen molar-refractivity contribution in [3.8, 4) is 0 Å². The van der Waals surface area contributed by atoms with E-state index in [-0.39, 0.29) is 31.5 Å². The standard InChI is InChI=1S/C20H37NO5S2/c1-16(2)14-28-13-10-21(9-7-19(22)23)8-6-18(4)25-11-12-26-20(24)17(3)15-27-5/h16-17H,4,6-15H2,1-3,5H3,(H,22,23). The first-order chi connectivity index (χ1) is 13.3. The minimum Gasteiger partial charge on any atom is -0.495 e. The quantitative estimate of drug-likeness (QED) is 0.199. The molecule has 0 amide bonds. The molecular weight excluding hydrogens is 398 g/mol. The molecule has 0 fully saturated rings. The fraction of sp³-hybridized carbons (Fsp3) is 0.800. The lowest BCUT2D eigenvalue weighted by molar-refractivity contribution is -0.148. The number of thioether (sulfide) groups is 2. The highest BCUT2D eigenvalue weighted by Gasteiger charge is 2.13. The van der Waals surface area contributed by atoms with E-state index < -0.39 is 5.97 Å². The number of nitrogens with zero attached hydrogens (tertiary/aromatic N) is 1. The van der Waals surface area contributed by atoms with Gasteiger partial charge in [-0.25, -0.2) is 0 Å². The van der Waals surface area contributed by atoms with Crippen molar-refractivity contribution in [2.75, 3.05) is 56.4 Å². The summed E-state index contributed by atoms with van der Waals surface area (Å²) in [5.41, 5.74) is 0. The molecule has 8 heteroatoms. The first kappa shape index (κ1) is 27.1. The molecule has 0 aromatic rings. The predicted octanol–water partition coefficient (Wildman–Crippen LogP) is 3.62. The van der Waals surface area contributed by atoms with Crippen molar-refractivity contribution in [1.82, 2.24) is 4.90 Å². The van der Waals surface area contributed by atoms with Crippen LogP contribution >= 0.6 is 23.5 Å². The van der Waals surface area contributed by atoms with Crippen molar-refractivity contribution in [2.45, 2.75) is 33.6 Å². The number of hydrogen-bond donors (Lipinski definition) is 1. The number of rotatable bonds is 18. The van der Waals surface area contributed by atoms with Gasteiger partial charge in [-0.1, -0.05) is 27.4 Å². The van der Waals surface area contributed by atoms with E-state index in [0.29, 0.717) is 31.2 Å². The highest BCUT2D eigenvalue weighted by Crippen LogP contribution is 2.10. The van der Waals surface area contributed by atoms with E-state index in [4.69, 9.17) is 14.6 Å². The van der Waals surface area contributed by atoms with Crippen LogP contribution < -0.4 is 0 Å². The molecule has 164 valence electrons. The fourth-order valence-corrected chi connectivity index (χ4v) is 3.91. The Labute approximate surface area is 178 Å². The van der Waals surface area contributed by atoms with Crippen LogP contribution in [0.5, 0.6) is 0 Å². The van der Waals surface area contributed by atoms with Crippen molar-refractivity contribution in [1.29, 1.82) is 0 Å². The van der Waals surface area contributed by atoms with Gasteiger partial charge in [0.2, 0.25) is 0 Å². The van der Waals surface area contributed by atoms with Gasteiger partial charge in [-0.3, -0.25) is 9.59 Å². The number of carboxylic acids is 1. The second kappa shape index (κ2) is 17.0. The van der Waals surface area contributed by atoms with E-state index in [1.54, 1.807) is 11.8 Å². The summed E-state index contributed by atoms with van der Waals surface area (Å²) in [4.78, 5) is 24.7. The van der Waals surface area contributed by atoms with E-state index in [0.717, 1.165) is 23.8 Å². The maximum Gasteiger partial charge on any atom is 0.309 e. The van der Waals surface area contributed by atoms with E-state index in [1.807, 2.05) is 24.9 Å². The number of carbonyl (C=O) groups excluding carboxylic acids is 1. The van der Waals surface area contributed by atoms with Gasteiger partial charge in [0.1, 0.15) is 13.2 Å². The van der Waals surface area contributed by atoms with Crippen LogP contribution in [0, 0.1) is 11.8 Å². The Hall–Kier alpha value is -0.860. The molecule has 6 nitrogen and oxygen atoms in total. The van der Waals surface area contributed by atoms with Gasteiger partial charge in [-0.2, -0.15) is 23.5 Å². The molecule has 0 aliphatic carbocycles. The average Bonchev–Trinajstić information content (AvgIpc) is 2.63. The van der Waals surface area contributed by atoms with Gasteiger partial charge in [0.15, 0.2) is 0 Å². The Morgan fingerprint density at radius 1 is 1.04 bits per heavy atom. The zero-order chi connectivity index (χ0) is 21.4. The third kappa shape index (κ3) is 16.1. The SMILES string of the molecule is C=C(CCN(CCSCC(C)C)CCC(=O)O)OCCOC(=O)C(C)CSC. The van der Waals surface area contributed by atoms with Crippen LogP contribution in [0.15, 0.2) is 12.3 Å². The second-order valence-corrected chi connectivity index (χ2v) is 9.18. The molecule has 0 aromatic carbocycles. The second-order valence-electron chi connectivity index (χ2n) is 7.12. The Bertz CT molecular complexity index is 460. The third-order valence-electron chi connectivity index (χ3n) is 3.80. The number of hydrogen-bond acceptors (Lipinski definition) is 7. The maximum atomic E-state index is 11.7.